The summed E-state index contributed by atoms with van der Waals surface area (Å²) >= 11 is 0. The molecule has 0 saturated heterocycles. The molecule has 0 atom stereocenters. The molecular weight excluding hydrogens is 246 g/mol. The Labute approximate surface area is 122 Å². The number of nitrogens with one attached hydrogen (secondary N) is 1. The van der Waals surface area contributed by atoms with Gasteiger partial charge in [-0.25, -0.2) is 4.98 Å². The average molecular weight is 271 g/mol. The van der Waals surface area contributed by atoms with E-state index in [1.165, 1.54) is 23.2 Å². The molecule has 108 valence electrons. The van der Waals surface area contributed by atoms with Crippen LogP contribution in [-0.2, 0) is 13.0 Å². The Morgan fingerprint density at radius 1 is 1.10 bits per heavy atom. The fourth-order valence-electron chi connectivity index (χ4n) is 2.37. The second kappa shape index (κ2) is 7.25. The summed E-state index contributed by atoms with van der Waals surface area (Å²) in [6, 6.07) is 8.72. The van der Waals surface area contributed by atoms with Gasteiger partial charge in [0.05, 0.1) is 12.0 Å². The van der Waals surface area contributed by atoms with Gasteiger partial charge in [0.2, 0.25) is 0 Å². The molecule has 1 N–H and O–H groups in total. The van der Waals surface area contributed by atoms with Gasteiger partial charge in [-0.1, -0.05) is 31.2 Å². The second-order valence-electron chi connectivity index (χ2n) is 5.31. The van der Waals surface area contributed by atoms with Crippen LogP contribution in [0, 0.1) is 13.8 Å². The van der Waals surface area contributed by atoms with E-state index in [0.717, 1.165) is 31.7 Å². The van der Waals surface area contributed by atoms with Crippen molar-refractivity contribution >= 4 is 0 Å². The van der Waals surface area contributed by atoms with Crippen LogP contribution in [-0.4, -0.2) is 22.6 Å². The molecule has 0 radical (unpaired) electrons. The summed E-state index contributed by atoms with van der Waals surface area (Å²) in [5.41, 5.74) is 5.20. The van der Waals surface area contributed by atoms with Crippen LogP contribution in [0.5, 0.6) is 0 Å². The normalized spacial score (nSPS) is 10.9. The van der Waals surface area contributed by atoms with E-state index >= 15 is 0 Å². The Kier molecular flexibility index (Phi) is 5.36. The smallest absolute Gasteiger partial charge is 0.0954 e. The fourth-order valence-corrected chi connectivity index (χ4v) is 2.37. The number of nitrogens with zero attached hydrogens (tertiary/aromatic N) is 2. The zero-order valence-corrected chi connectivity index (χ0v) is 12.8. The average Bonchev–Trinajstić information content (AvgIpc) is 2.77. The highest BCUT2D eigenvalue weighted by molar-refractivity contribution is 5.28. The third-order valence-corrected chi connectivity index (χ3v) is 3.80. The van der Waals surface area contributed by atoms with Crippen molar-refractivity contribution in [3.05, 3.63) is 53.1 Å². The standard InChI is InChI=1S/C17H25N3/c1-4-10-18-11-9-16-7-5-6-8-17(16)12-20-13-19-14(2)15(20)3/h5-8,13,18H,4,9-12H2,1-3H3. The topological polar surface area (TPSA) is 29.9 Å². The van der Waals surface area contributed by atoms with Gasteiger partial charge in [0, 0.05) is 12.2 Å². The van der Waals surface area contributed by atoms with E-state index in [0.29, 0.717) is 0 Å². The molecule has 1 aromatic carbocycles. The highest BCUT2D eigenvalue weighted by Gasteiger charge is 2.06. The minimum atomic E-state index is 0.913. The van der Waals surface area contributed by atoms with Crippen LogP contribution < -0.4 is 5.32 Å². The number of aromatic nitrogens is 2. The summed E-state index contributed by atoms with van der Waals surface area (Å²) < 4.78 is 2.23. The summed E-state index contributed by atoms with van der Waals surface area (Å²) in [6.45, 7) is 9.46. The van der Waals surface area contributed by atoms with Crippen molar-refractivity contribution in [2.75, 3.05) is 13.1 Å². The zero-order chi connectivity index (χ0) is 14.4. The van der Waals surface area contributed by atoms with Crippen LogP contribution in [0.15, 0.2) is 30.6 Å². The van der Waals surface area contributed by atoms with Gasteiger partial charge in [-0.15, -0.1) is 0 Å². The lowest BCUT2D eigenvalue weighted by atomic mass is 10.0. The largest absolute Gasteiger partial charge is 0.330 e. The number of hydrogen-bond acceptors (Lipinski definition) is 2. The summed E-state index contributed by atoms with van der Waals surface area (Å²) in [5, 5.41) is 3.47. The van der Waals surface area contributed by atoms with Crippen LogP contribution in [0.1, 0.15) is 35.9 Å². The first-order valence-electron chi connectivity index (χ1n) is 7.48. The summed E-state index contributed by atoms with van der Waals surface area (Å²) in [7, 11) is 0. The number of aryl methyl sites for hydroxylation is 1. The van der Waals surface area contributed by atoms with Crippen LogP contribution in [0.2, 0.25) is 0 Å². The van der Waals surface area contributed by atoms with Gasteiger partial charge in [-0.3, -0.25) is 0 Å². The highest BCUT2D eigenvalue weighted by atomic mass is 15.0. The summed E-state index contributed by atoms with van der Waals surface area (Å²) in [5.74, 6) is 0. The van der Waals surface area contributed by atoms with E-state index in [1.54, 1.807) is 0 Å². The predicted octanol–water partition coefficient (Wildman–Crippen LogP) is 3.09. The first kappa shape index (κ1) is 14.8. The molecule has 0 aliphatic rings. The van der Waals surface area contributed by atoms with E-state index in [4.69, 9.17) is 0 Å². The van der Waals surface area contributed by atoms with E-state index in [2.05, 4.69) is 59.9 Å². The minimum absolute atomic E-state index is 0.913. The van der Waals surface area contributed by atoms with Crippen LogP contribution >= 0.6 is 0 Å². The molecule has 2 rings (SSSR count). The predicted molar refractivity (Wildman–Crippen MR) is 84.1 cm³/mol. The summed E-state index contributed by atoms with van der Waals surface area (Å²) in [4.78, 5) is 4.38. The molecule has 0 saturated carbocycles. The van der Waals surface area contributed by atoms with Crippen molar-refractivity contribution < 1.29 is 0 Å². The lowest BCUT2D eigenvalue weighted by molar-refractivity contribution is 0.665. The van der Waals surface area contributed by atoms with Crippen molar-refractivity contribution in [1.82, 2.24) is 14.9 Å². The van der Waals surface area contributed by atoms with Crippen LogP contribution in [0.25, 0.3) is 0 Å². The number of imidazole rings is 1. The van der Waals surface area contributed by atoms with Gasteiger partial charge >= 0.3 is 0 Å². The maximum absolute atomic E-state index is 4.38. The minimum Gasteiger partial charge on any atom is -0.330 e. The Bertz CT molecular complexity index is 543. The van der Waals surface area contributed by atoms with E-state index in [9.17, 15) is 0 Å². The first-order chi connectivity index (χ1) is 9.72. The number of rotatable bonds is 7. The van der Waals surface area contributed by atoms with E-state index in [1.807, 2.05) is 6.33 Å². The van der Waals surface area contributed by atoms with E-state index in [-0.39, 0.29) is 0 Å². The molecule has 0 fully saturated rings. The number of benzene rings is 1. The van der Waals surface area contributed by atoms with Crippen molar-refractivity contribution in [2.45, 2.75) is 40.2 Å². The maximum Gasteiger partial charge on any atom is 0.0954 e. The quantitative estimate of drug-likeness (QED) is 0.784. The first-order valence-corrected chi connectivity index (χ1v) is 7.48. The SMILES string of the molecule is CCCNCCc1ccccc1Cn1cnc(C)c1C. The Morgan fingerprint density at radius 3 is 2.50 bits per heavy atom. The maximum atomic E-state index is 4.38. The molecular formula is C17H25N3. The van der Waals surface area contributed by atoms with Crippen molar-refractivity contribution in [3.8, 4) is 0 Å². The third kappa shape index (κ3) is 3.70. The number of hydrogen-bond donors (Lipinski definition) is 1. The molecule has 3 nitrogen and oxygen atoms in total. The van der Waals surface area contributed by atoms with Gasteiger partial charge in [0.1, 0.15) is 0 Å². The van der Waals surface area contributed by atoms with Crippen molar-refractivity contribution in [1.29, 1.82) is 0 Å². The van der Waals surface area contributed by atoms with Gasteiger partial charge in [0.25, 0.3) is 0 Å². The van der Waals surface area contributed by atoms with Gasteiger partial charge < -0.3 is 9.88 Å². The molecule has 3 heteroatoms. The van der Waals surface area contributed by atoms with Crippen LogP contribution in [0.3, 0.4) is 0 Å². The molecule has 1 heterocycles. The van der Waals surface area contributed by atoms with Crippen LogP contribution in [0.4, 0.5) is 0 Å². The van der Waals surface area contributed by atoms with Gasteiger partial charge in [-0.05, 0) is 50.9 Å². The molecule has 0 bridgehead atoms. The molecule has 0 spiro atoms. The molecule has 0 aliphatic carbocycles. The Hall–Kier alpha value is -1.61. The van der Waals surface area contributed by atoms with Crippen molar-refractivity contribution in [2.24, 2.45) is 0 Å². The molecule has 0 amide bonds. The molecule has 0 aliphatic heterocycles. The molecule has 1 aromatic heterocycles. The lowest BCUT2D eigenvalue weighted by Crippen LogP contribution is -2.18. The van der Waals surface area contributed by atoms with E-state index < -0.39 is 0 Å². The lowest BCUT2D eigenvalue weighted by Gasteiger charge is -2.12. The molecule has 20 heavy (non-hydrogen) atoms. The van der Waals surface area contributed by atoms with Gasteiger partial charge in [-0.2, -0.15) is 0 Å². The van der Waals surface area contributed by atoms with Crippen molar-refractivity contribution in [3.63, 3.8) is 0 Å². The monoisotopic (exact) mass is 271 g/mol. The molecule has 2 aromatic rings. The summed E-state index contributed by atoms with van der Waals surface area (Å²) in [6.07, 6.45) is 4.22. The Morgan fingerprint density at radius 2 is 1.85 bits per heavy atom. The third-order valence-electron chi connectivity index (χ3n) is 3.80. The van der Waals surface area contributed by atoms with Gasteiger partial charge in [0.15, 0.2) is 0 Å². The molecule has 0 unspecified atom stereocenters. The highest BCUT2D eigenvalue weighted by Crippen LogP contribution is 2.13. The zero-order valence-electron chi connectivity index (χ0n) is 12.8. The Balaban J connectivity index is 2.05. The second-order valence-corrected chi connectivity index (χ2v) is 5.31. The fraction of sp³-hybridized carbons (Fsp3) is 0.471.